The molecule has 1 aromatic rings. The van der Waals surface area contributed by atoms with E-state index in [1.807, 2.05) is 13.8 Å². The van der Waals surface area contributed by atoms with Crippen molar-refractivity contribution >= 4 is 6.03 Å². The molecule has 0 saturated heterocycles. The summed E-state index contributed by atoms with van der Waals surface area (Å²) < 4.78 is 30.9. The predicted octanol–water partition coefficient (Wildman–Crippen LogP) is 2.44. The van der Waals surface area contributed by atoms with Gasteiger partial charge in [-0.05, 0) is 18.1 Å². The number of nitrogens with one attached hydrogen (secondary N) is 2. The second kappa shape index (κ2) is 9.99. The van der Waals surface area contributed by atoms with Crippen LogP contribution >= 0.6 is 0 Å². The van der Waals surface area contributed by atoms with E-state index in [9.17, 15) is 18.7 Å². The lowest BCUT2D eigenvalue weighted by Crippen LogP contribution is -2.42. The molecule has 0 aliphatic carbocycles. The molecule has 0 spiro atoms. The van der Waals surface area contributed by atoms with Gasteiger partial charge in [-0.25, -0.2) is 13.6 Å². The molecule has 0 aromatic heterocycles. The molecule has 0 fully saturated rings. The van der Waals surface area contributed by atoms with Gasteiger partial charge in [0.25, 0.3) is 0 Å². The zero-order valence-corrected chi connectivity index (χ0v) is 13.4. The minimum absolute atomic E-state index is 0.119. The Kier molecular flexibility index (Phi) is 8.32. The second-order valence-electron chi connectivity index (χ2n) is 5.21. The second-order valence-corrected chi connectivity index (χ2v) is 5.21. The molecule has 1 atom stereocenters. The molecule has 1 aromatic carbocycles. The van der Waals surface area contributed by atoms with Crippen molar-refractivity contribution in [2.45, 2.75) is 32.8 Å². The van der Waals surface area contributed by atoms with Gasteiger partial charge in [0, 0.05) is 12.6 Å². The van der Waals surface area contributed by atoms with Crippen LogP contribution in [0.15, 0.2) is 18.2 Å². The largest absolute Gasteiger partial charge is 0.492 e. The Labute approximate surface area is 135 Å². The van der Waals surface area contributed by atoms with E-state index in [2.05, 4.69) is 10.6 Å². The van der Waals surface area contributed by atoms with Crippen LogP contribution in [0.5, 0.6) is 5.75 Å². The van der Waals surface area contributed by atoms with Crippen LogP contribution < -0.4 is 15.4 Å². The summed E-state index contributed by atoms with van der Waals surface area (Å²) in [6, 6.07) is 2.82. The minimum atomic E-state index is -0.983. The fraction of sp³-hybridized carbons (Fsp3) is 0.562. The molecule has 2 amide bonds. The predicted molar refractivity (Wildman–Crippen MR) is 83.3 cm³/mol. The topological polar surface area (TPSA) is 70.6 Å². The summed E-state index contributed by atoms with van der Waals surface area (Å²) in [5.41, 5.74) is 0. The maximum absolute atomic E-state index is 13.0. The summed E-state index contributed by atoms with van der Waals surface area (Å²) in [6.07, 6.45) is 1.13. The highest BCUT2D eigenvalue weighted by Crippen LogP contribution is 2.15. The molecule has 0 radical (unpaired) electrons. The first-order chi connectivity index (χ1) is 11.0. The molecule has 0 bridgehead atoms. The third-order valence-electron chi connectivity index (χ3n) is 3.61. The van der Waals surface area contributed by atoms with Gasteiger partial charge in [0.1, 0.15) is 12.4 Å². The van der Waals surface area contributed by atoms with Crippen molar-refractivity contribution in [2.75, 3.05) is 19.7 Å². The van der Waals surface area contributed by atoms with E-state index in [4.69, 9.17) is 4.74 Å². The van der Waals surface area contributed by atoms with Crippen LogP contribution in [-0.4, -0.2) is 36.9 Å². The molecule has 1 unspecified atom stereocenters. The first kappa shape index (κ1) is 19.2. The molecule has 0 heterocycles. The summed E-state index contributed by atoms with van der Waals surface area (Å²) >= 11 is 0. The number of carbonyl (C=O) groups is 1. The van der Waals surface area contributed by atoms with Crippen molar-refractivity contribution in [1.29, 1.82) is 0 Å². The Balaban J connectivity index is 2.20. The van der Waals surface area contributed by atoms with E-state index >= 15 is 0 Å². The first-order valence-corrected chi connectivity index (χ1v) is 7.75. The number of benzene rings is 1. The number of ether oxygens (including phenoxy) is 1. The Bertz CT molecular complexity index is 496. The van der Waals surface area contributed by atoms with Gasteiger partial charge in [-0.15, -0.1) is 0 Å². The average molecular weight is 330 g/mol. The van der Waals surface area contributed by atoms with Gasteiger partial charge in [-0.1, -0.05) is 26.7 Å². The maximum atomic E-state index is 13.0. The van der Waals surface area contributed by atoms with Crippen molar-refractivity contribution in [3.8, 4) is 5.75 Å². The van der Waals surface area contributed by atoms with E-state index in [1.54, 1.807) is 0 Å². The van der Waals surface area contributed by atoms with Crippen molar-refractivity contribution in [3.05, 3.63) is 29.8 Å². The smallest absolute Gasteiger partial charge is 0.315 e. The van der Waals surface area contributed by atoms with Crippen LogP contribution in [0.2, 0.25) is 0 Å². The van der Waals surface area contributed by atoms with Gasteiger partial charge in [0.05, 0.1) is 12.6 Å². The molecule has 0 aliphatic rings. The lowest BCUT2D eigenvalue weighted by molar-refractivity contribution is 0.103. The van der Waals surface area contributed by atoms with Crippen molar-refractivity contribution in [3.63, 3.8) is 0 Å². The van der Waals surface area contributed by atoms with Crippen LogP contribution in [0, 0.1) is 17.6 Å². The number of halogens is 2. The number of hydrogen-bond donors (Lipinski definition) is 3. The van der Waals surface area contributed by atoms with Gasteiger partial charge < -0.3 is 20.5 Å². The summed E-state index contributed by atoms with van der Waals surface area (Å²) in [6.45, 7) is 4.49. The fourth-order valence-corrected chi connectivity index (χ4v) is 2.16. The van der Waals surface area contributed by atoms with E-state index in [0.717, 1.165) is 25.0 Å². The van der Waals surface area contributed by atoms with Gasteiger partial charge in [-0.3, -0.25) is 0 Å². The van der Waals surface area contributed by atoms with E-state index in [0.29, 0.717) is 0 Å². The van der Waals surface area contributed by atoms with Crippen molar-refractivity contribution < 1.29 is 23.4 Å². The fourth-order valence-electron chi connectivity index (χ4n) is 2.16. The summed E-state index contributed by atoms with van der Waals surface area (Å²) in [5, 5.41) is 15.0. The van der Waals surface area contributed by atoms with Gasteiger partial charge in [0.15, 0.2) is 11.6 Å². The van der Waals surface area contributed by atoms with Crippen molar-refractivity contribution in [1.82, 2.24) is 10.6 Å². The molecule has 3 N–H and O–H groups in total. The summed E-state index contributed by atoms with van der Waals surface area (Å²) in [4.78, 5) is 11.6. The quantitative estimate of drug-likeness (QED) is 0.609. The summed E-state index contributed by atoms with van der Waals surface area (Å²) in [7, 11) is 0. The van der Waals surface area contributed by atoms with E-state index < -0.39 is 23.8 Å². The standard InChI is InChI=1S/C16H24F2N2O3/c1-3-11(4-2)15(21)10-20-16(22)19-7-8-23-12-5-6-13(17)14(18)9-12/h5-6,9,11,15,21H,3-4,7-8,10H2,1-2H3,(H2,19,20,22). The molecule has 23 heavy (non-hydrogen) atoms. The highest BCUT2D eigenvalue weighted by molar-refractivity contribution is 5.73. The average Bonchev–Trinajstić information content (AvgIpc) is 2.54. The van der Waals surface area contributed by atoms with Crippen molar-refractivity contribution in [2.24, 2.45) is 5.92 Å². The Hall–Kier alpha value is -1.89. The molecular weight excluding hydrogens is 306 g/mol. The Morgan fingerprint density at radius 1 is 1.22 bits per heavy atom. The molecular formula is C16H24F2N2O3. The number of amides is 2. The number of urea groups is 1. The molecule has 1 rings (SSSR count). The third-order valence-corrected chi connectivity index (χ3v) is 3.61. The van der Waals surface area contributed by atoms with Crippen LogP contribution in [0.1, 0.15) is 26.7 Å². The minimum Gasteiger partial charge on any atom is -0.492 e. The highest BCUT2D eigenvalue weighted by atomic mass is 19.2. The number of carbonyl (C=O) groups excluding carboxylic acids is 1. The Morgan fingerprint density at radius 2 is 1.91 bits per heavy atom. The van der Waals surface area contributed by atoms with Crippen LogP contribution in [0.4, 0.5) is 13.6 Å². The number of aliphatic hydroxyl groups is 1. The zero-order valence-electron chi connectivity index (χ0n) is 13.4. The number of hydrogen-bond acceptors (Lipinski definition) is 3. The molecule has 5 nitrogen and oxygen atoms in total. The number of rotatable bonds is 9. The first-order valence-electron chi connectivity index (χ1n) is 7.75. The molecule has 0 aliphatic heterocycles. The van der Waals surface area contributed by atoms with Crippen LogP contribution in [0.3, 0.4) is 0 Å². The lowest BCUT2D eigenvalue weighted by Gasteiger charge is -2.20. The monoisotopic (exact) mass is 330 g/mol. The van der Waals surface area contributed by atoms with Gasteiger partial charge >= 0.3 is 6.03 Å². The molecule has 7 heteroatoms. The SMILES string of the molecule is CCC(CC)C(O)CNC(=O)NCCOc1ccc(F)c(F)c1. The maximum Gasteiger partial charge on any atom is 0.315 e. The third kappa shape index (κ3) is 6.81. The Morgan fingerprint density at radius 3 is 2.52 bits per heavy atom. The number of aliphatic hydroxyl groups excluding tert-OH is 1. The van der Waals surface area contributed by atoms with Gasteiger partial charge in [-0.2, -0.15) is 0 Å². The van der Waals surface area contributed by atoms with Gasteiger partial charge in [0.2, 0.25) is 0 Å². The summed E-state index contributed by atoms with van der Waals surface area (Å²) in [5.74, 6) is -1.57. The van der Waals surface area contributed by atoms with E-state index in [-0.39, 0.29) is 31.4 Å². The normalized spacial score (nSPS) is 12.1. The highest BCUT2D eigenvalue weighted by Gasteiger charge is 2.15. The zero-order chi connectivity index (χ0) is 17.2. The van der Waals surface area contributed by atoms with Crippen LogP contribution in [-0.2, 0) is 0 Å². The lowest BCUT2D eigenvalue weighted by atomic mass is 9.97. The molecule has 130 valence electrons. The molecule has 0 saturated carbocycles. The van der Waals surface area contributed by atoms with E-state index in [1.165, 1.54) is 6.07 Å². The van der Waals surface area contributed by atoms with Crippen LogP contribution in [0.25, 0.3) is 0 Å².